The van der Waals surface area contributed by atoms with Crippen LogP contribution in [-0.2, 0) is 10.2 Å². The zero-order valence-corrected chi connectivity index (χ0v) is 9.41. The summed E-state index contributed by atoms with van der Waals surface area (Å²) in [5.41, 5.74) is 6.59. The van der Waals surface area contributed by atoms with E-state index in [1.165, 1.54) is 5.56 Å². The highest BCUT2D eigenvalue weighted by Gasteiger charge is 2.35. The molecule has 86 valence electrons. The molecular formula is C13H18N2O. The Bertz CT molecular complexity index is 355. The Morgan fingerprint density at radius 2 is 1.88 bits per heavy atom. The Morgan fingerprint density at radius 1 is 1.25 bits per heavy atom. The zero-order valence-electron chi connectivity index (χ0n) is 9.41. The Labute approximate surface area is 96.0 Å². The third kappa shape index (κ3) is 2.25. The van der Waals surface area contributed by atoms with Gasteiger partial charge in [0.25, 0.3) is 0 Å². The van der Waals surface area contributed by atoms with Gasteiger partial charge in [-0.2, -0.15) is 0 Å². The third-order valence-electron chi connectivity index (χ3n) is 3.46. The van der Waals surface area contributed by atoms with Crippen molar-refractivity contribution in [2.24, 2.45) is 5.73 Å². The summed E-state index contributed by atoms with van der Waals surface area (Å²) in [6.07, 6.45) is 2.43. The summed E-state index contributed by atoms with van der Waals surface area (Å²) in [4.78, 5) is 11.2. The van der Waals surface area contributed by atoms with Gasteiger partial charge in [-0.15, -0.1) is 0 Å². The summed E-state index contributed by atoms with van der Waals surface area (Å²) in [7, 11) is 0. The fourth-order valence-corrected chi connectivity index (χ4v) is 2.60. The molecular weight excluding hydrogens is 200 g/mol. The molecule has 1 fully saturated rings. The average molecular weight is 218 g/mol. The largest absolute Gasteiger partial charge is 0.370 e. The summed E-state index contributed by atoms with van der Waals surface area (Å²) in [6, 6.07) is 10.3. The van der Waals surface area contributed by atoms with Crippen LogP contribution in [0.3, 0.4) is 0 Å². The molecule has 0 unspecified atom stereocenters. The van der Waals surface area contributed by atoms with Crippen molar-refractivity contribution < 1.29 is 4.79 Å². The van der Waals surface area contributed by atoms with E-state index < -0.39 is 0 Å². The molecule has 1 amide bonds. The quantitative estimate of drug-likeness (QED) is 0.800. The summed E-state index contributed by atoms with van der Waals surface area (Å²) in [5, 5.41) is 3.33. The van der Waals surface area contributed by atoms with Crippen molar-refractivity contribution in [2.75, 3.05) is 13.1 Å². The Hall–Kier alpha value is -1.35. The number of rotatable bonds is 3. The van der Waals surface area contributed by atoms with Crippen molar-refractivity contribution >= 4 is 5.91 Å². The average Bonchev–Trinajstić information content (AvgIpc) is 2.30. The van der Waals surface area contributed by atoms with Gasteiger partial charge in [0.05, 0.1) is 0 Å². The molecule has 1 aromatic carbocycles. The van der Waals surface area contributed by atoms with Gasteiger partial charge in [0.15, 0.2) is 0 Å². The van der Waals surface area contributed by atoms with Crippen LogP contribution < -0.4 is 11.1 Å². The third-order valence-corrected chi connectivity index (χ3v) is 3.46. The number of carbonyl (C=O) groups is 1. The maximum atomic E-state index is 11.2. The molecule has 1 aliphatic rings. The van der Waals surface area contributed by atoms with E-state index in [9.17, 15) is 4.79 Å². The number of piperidine rings is 1. The molecule has 1 aromatic rings. The molecule has 2 rings (SSSR count). The van der Waals surface area contributed by atoms with E-state index in [0.717, 1.165) is 25.9 Å². The molecule has 3 nitrogen and oxygen atoms in total. The van der Waals surface area contributed by atoms with Crippen LogP contribution in [-0.4, -0.2) is 19.0 Å². The second-order valence-corrected chi connectivity index (χ2v) is 4.54. The lowest BCUT2D eigenvalue weighted by atomic mass is 9.71. The predicted molar refractivity (Wildman–Crippen MR) is 64.0 cm³/mol. The number of hydrogen-bond acceptors (Lipinski definition) is 2. The van der Waals surface area contributed by atoms with Gasteiger partial charge in [-0.05, 0) is 31.5 Å². The number of benzene rings is 1. The van der Waals surface area contributed by atoms with Crippen LogP contribution >= 0.6 is 0 Å². The highest BCUT2D eigenvalue weighted by molar-refractivity contribution is 5.75. The van der Waals surface area contributed by atoms with E-state index in [4.69, 9.17) is 5.73 Å². The summed E-state index contributed by atoms with van der Waals surface area (Å²) >= 11 is 0. The van der Waals surface area contributed by atoms with Gasteiger partial charge in [-0.25, -0.2) is 0 Å². The lowest BCUT2D eigenvalue weighted by Crippen LogP contribution is -2.42. The van der Waals surface area contributed by atoms with Gasteiger partial charge in [0.1, 0.15) is 0 Å². The molecule has 0 aliphatic carbocycles. The van der Waals surface area contributed by atoms with Crippen molar-refractivity contribution in [3.63, 3.8) is 0 Å². The summed E-state index contributed by atoms with van der Waals surface area (Å²) < 4.78 is 0. The van der Waals surface area contributed by atoms with Crippen molar-refractivity contribution in [1.82, 2.24) is 5.32 Å². The van der Waals surface area contributed by atoms with Gasteiger partial charge < -0.3 is 11.1 Å². The minimum atomic E-state index is -0.203. The first-order chi connectivity index (χ1) is 7.73. The van der Waals surface area contributed by atoms with Crippen LogP contribution in [0.5, 0.6) is 0 Å². The van der Waals surface area contributed by atoms with E-state index >= 15 is 0 Å². The minimum absolute atomic E-state index is 0.0433. The van der Waals surface area contributed by atoms with E-state index in [2.05, 4.69) is 17.4 Å². The van der Waals surface area contributed by atoms with E-state index in [1.807, 2.05) is 18.2 Å². The van der Waals surface area contributed by atoms with Crippen molar-refractivity contribution in [3.8, 4) is 0 Å². The maximum Gasteiger partial charge on any atom is 0.218 e. The fraction of sp³-hybridized carbons (Fsp3) is 0.462. The molecule has 0 spiro atoms. The summed E-state index contributed by atoms with van der Waals surface area (Å²) in [5.74, 6) is -0.203. The van der Waals surface area contributed by atoms with E-state index in [1.54, 1.807) is 0 Å². The van der Waals surface area contributed by atoms with Gasteiger partial charge >= 0.3 is 0 Å². The van der Waals surface area contributed by atoms with Crippen molar-refractivity contribution in [3.05, 3.63) is 35.9 Å². The number of hydrogen-bond donors (Lipinski definition) is 2. The smallest absolute Gasteiger partial charge is 0.218 e. The highest BCUT2D eigenvalue weighted by Crippen LogP contribution is 2.36. The van der Waals surface area contributed by atoms with Gasteiger partial charge in [-0.3, -0.25) is 4.79 Å². The molecule has 1 saturated heterocycles. The number of nitrogens with two attached hydrogens (primary N) is 1. The molecule has 1 heterocycles. The van der Waals surface area contributed by atoms with Crippen molar-refractivity contribution in [2.45, 2.75) is 24.7 Å². The predicted octanol–water partition coefficient (Wildman–Crippen LogP) is 1.18. The SMILES string of the molecule is NC(=O)CC1(c2ccccc2)CCNCC1. The second kappa shape index (κ2) is 4.66. The van der Waals surface area contributed by atoms with Crippen LogP contribution in [0, 0.1) is 0 Å². The van der Waals surface area contributed by atoms with Crippen molar-refractivity contribution in [1.29, 1.82) is 0 Å². The van der Waals surface area contributed by atoms with E-state index in [0.29, 0.717) is 6.42 Å². The molecule has 1 aliphatic heterocycles. The molecule has 3 N–H and O–H groups in total. The first kappa shape index (κ1) is 11.1. The standard InChI is InChI=1S/C13H18N2O/c14-12(16)10-13(6-8-15-9-7-13)11-4-2-1-3-5-11/h1-5,15H,6-10H2,(H2,14,16). The molecule has 0 radical (unpaired) electrons. The molecule has 16 heavy (non-hydrogen) atoms. The first-order valence-electron chi connectivity index (χ1n) is 5.77. The first-order valence-corrected chi connectivity index (χ1v) is 5.77. The van der Waals surface area contributed by atoms with E-state index in [-0.39, 0.29) is 11.3 Å². The number of primary amides is 1. The Kier molecular flexibility index (Phi) is 3.25. The maximum absolute atomic E-state index is 11.2. The highest BCUT2D eigenvalue weighted by atomic mass is 16.1. The van der Waals surface area contributed by atoms with Crippen LogP contribution in [0.4, 0.5) is 0 Å². The topological polar surface area (TPSA) is 55.1 Å². The molecule has 0 atom stereocenters. The number of nitrogens with one attached hydrogen (secondary N) is 1. The van der Waals surface area contributed by atoms with Crippen LogP contribution in [0.1, 0.15) is 24.8 Å². The molecule has 0 saturated carbocycles. The zero-order chi connectivity index (χ0) is 11.4. The Morgan fingerprint density at radius 3 is 2.44 bits per heavy atom. The summed E-state index contributed by atoms with van der Waals surface area (Å²) in [6.45, 7) is 1.92. The number of carbonyl (C=O) groups excluding carboxylic acids is 1. The van der Waals surface area contributed by atoms with Crippen LogP contribution in [0.25, 0.3) is 0 Å². The molecule has 0 aromatic heterocycles. The van der Waals surface area contributed by atoms with Gasteiger partial charge in [0, 0.05) is 11.8 Å². The Balaban J connectivity index is 2.29. The second-order valence-electron chi connectivity index (χ2n) is 4.54. The van der Waals surface area contributed by atoms with Gasteiger partial charge in [0.2, 0.25) is 5.91 Å². The fourth-order valence-electron chi connectivity index (χ4n) is 2.60. The minimum Gasteiger partial charge on any atom is -0.370 e. The lowest BCUT2D eigenvalue weighted by Gasteiger charge is -2.37. The monoisotopic (exact) mass is 218 g/mol. The lowest BCUT2D eigenvalue weighted by molar-refractivity contribution is -0.119. The molecule has 0 bridgehead atoms. The van der Waals surface area contributed by atoms with Crippen LogP contribution in [0.2, 0.25) is 0 Å². The van der Waals surface area contributed by atoms with Gasteiger partial charge in [-0.1, -0.05) is 30.3 Å². The number of amides is 1. The van der Waals surface area contributed by atoms with Crippen LogP contribution in [0.15, 0.2) is 30.3 Å². The normalized spacial score (nSPS) is 19.2. The molecule has 3 heteroatoms.